The monoisotopic (exact) mass is 454 g/mol. The normalized spacial score (nSPS) is 24.4. The standard InChI is InChI=1S/C20H22ClF3N6O/c21-11-6-12(22)8-13(7-11)28-15-2-1-4-30(20(15)31)16-9-29(5-3-14(16)23)19-17(24)18(25)26-10-27-19/h6-8,10,14-16,28H,1-5,9H2,(H2,25,26,27)/t14-,15-,16-/m1/s1. The van der Waals surface area contributed by atoms with Crippen LogP contribution in [0.3, 0.4) is 0 Å². The lowest BCUT2D eigenvalue weighted by Crippen LogP contribution is -2.60. The summed E-state index contributed by atoms with van der Waals surface area (Å²) < 4.78 is 42.9. The minimum Gasteiger partial charge on any atom is -0.381 e. The fourth-order valence-corrected chi connectivity index (χ4v) is 4.41. The maximum atomic E-state index is 14.9. The molecule has 2 aliphatic rings. The lowest BCUT2D eigenvalue weighted by molar-refractivity contribution is -0.138. The Bertz CT molecular complexity index is 960. The molecule has 1 aromatic carbocycles. The van der Waals surface area contributed by atoms with Crippen molar-refractivity contribution in [2.75, 3.05) is 35.6 Å². The van der Waals surface area contributed by atoms with Gasteiger partial charge in [-0.15, -0.1) is 0 Å². The van der Waals surface area contributed by atoms with E-state index in [0.29, 0.717) is 25.1 Å². The number of piperidine rings is 2. The fraction of sp³-hybridized carbons (Fsp3) is 0.450. The SMILES string of the molecule is Nc1ncnc(N2CC[C@@H](F)[C@H](N3CCC[C@@H](Nc4cc(F)cc(Cl)c4)C3=O)C2)c1F. The van der Waals surface area contributed by atoms with Gasteiger partial charge in [0.1, 0.15) is 24.4 Å². The molecule has 11 heteroatoms. The summed E-state index contributed by atoms with van der Waals surface area (Å²) in [6, 6.07) is 2.55. The zero-order valence-electron chi connectivity index (χ0n) is 16.6. The molecule has 0 bridgehead atoms. The number of hydrogen-bond acceptors (Lipinski definition) is 6. The molecule has 0 unspecified atom stereocenters. The van der Waals surface area contributed by atoms with Crippen molar-refractivity contribution in [3.8, 4) is 0 Å². The number of halogens is 4. The van der Waals surface area contributed by atoms with Crippen LogP contribution in [-0.4, -0.2) is 58.7 Å². The van der Waals surface area contributed by atoms with Crippen molar-refractivity contribution in [1.29, 1.82) is 0 Å². The van der Waals surface area contributed by atoms with Gasteiger partial charge in [0.05, 0.1) is 6.04 Å². The summed E-state index contributed by atoms with van der Waals surface area (Å²) in [4.78, 5) is 23.8. The van der Waals surface area contributed by atoms with Crippen LogP contribution in [0.2, 0.25) is 5.02 Å². The van der Waals surface area contributed by atoms with E-state index >= 15 is 0 Å². The van der Waals surface area contributed by atoms with E-state index in [1.54, 1.807) is 4.90 Å². The van der Waals surface area contributed by atoms with Gasteiger partial charge in [0, 0.05) is 30.3 Å². The molecule has 31 heavy (non-hydrogen) atoms. The number of nitrogens with two attached hydrogens (primary N) is 1. The molecule has 2 aromatic rings. The van der Waals surface area contributed by atoms with Crippen LogP contribution in [0, 0.1) is 11.6 Å². The Morgan fingerprint density at radius 3 is 2.74 bits per heavy atom. The predicted molar refractivity (Wildman–Crippen MR) is 112 cm³/mol. The van der Waals surface area contributed by atoms with Crippen LogP contribution in [0.4, 0.5) is 30.5 Å². The average molecular weight is 455 g/mol. The number of likely N-dealkylation sites (tertiary alicyclic amines) is 1. The Balaban J connectivity index is 1.51. The summed E-state index contributed by atoms with van der Waals surface area (Å²) in [6.07, 6.45) is 1.18. The molecule has 3 atom stereocenters. The molecule has 2 fully saturated rings. The van der Waals surface area contributed by atoms with E-state index < -0.39 is 29.9 Å². The molecular weight excluding hydrogens is 433 g/mol. The van der Waals surface area contributed by atoms with Crippen molar-refractivity contribution in [2.24, 2.45) is 0 Å². The summed E-state index contributed by atoms with van der Waals surface area (Å²) in [6.45, 7) is 0.712. The topological polar surface area (TPSA) is 87.4 Å². The summed E-state index contributed by atoms with van der Waals surface area (Å²) in [5.74, 6) is -1.85. The van der Waals surface area contributed by atoms with Gasteiger partial charge in [0.15, 0.2) is 11.6 Å². The first-order valence-corrected chi connectivity index (χ1v) is 10.4. The zero-order chi connectivity index (χ0) is 22.1. The Morgan fingerprint density at radius 2 is 1.97 bits per heavy atom. The van der Waals surface area contributed by atoms with Gasteiger partial charge in [-0.25, -0.2) is 18.7 Å². The fourth-order valence-electron chi connectivity index (χ4n) is 4.18. The van der Waals surface area contributed by atoms with E-state index in [1.165, 1.54) is 23.1 Å². The molecule has 2 aliphatic heterocycles. The van der Waals surface area contributed by atoms with Crippen LogP contribution >= 0.6 is 11.6 Å². The first-order chi connectivity index (χ1) is 14.8. The molecule has 3 N–H and O–H groups in total. The van der Waals surface area contributed by atoms with E-state index in [0.717, 1.165) is 6.33 Å². The number of benzene rings is 1. The van der Waals surface area contributed by atoms with Crippen LogP contribution in [0.25, 0.3) is 0 Å². The van der Waals surface area contributed by atoms with Crippen molar-refractivity contribution in [1.82, 2.24) is 14.9 Å². The van der Waals surface area contributed by atoms with Crippen LogP contribution in [0.1, 0.15) is 19.3 Å². The van der Waals surface area contributed by atoms with Gasteiger partial charge in [-0.05, 0) is 37.5 Å². The zero-order valence-corrected chi connectivity index (χ0v) is 17.3. The van der Waals surface area contributed by atoms with E-state index in [2.05, 4.69) is 15.3 Å². The predicted octanol–water partition coefficient (Wildman–Crippen LogP) is 3.01. The van der Waals surface area contributed by atoms with Gasteiger partial charge >= 0.3 is 0 Å². The summed E-state index contributed by atoms with van der Waals surface area (Å²) in [5, 5.41) is 3.22. The van der Waals surface area contributed by atoms with Crippen molar-refractivity contribution in [3.63, 3.8) is 0 Å². The highest BCUT2D eigenvalue weighted by Crippen LogP contribution is 2.29. The third kappa shape index (κ3) is 4.48. The Hall–Kier alpha value is -2.75. The number of alkyl halides is 1. The van der Waals surface area contributed by atoms with Crippen LogP contribution < -0.4 is 16.0 Å². The molecule has 0 radical (unpaired) electrons. The first-order valence-electron chi connectivity index (χ1n) is 10.0. The molecule has 0 saturated carbocycles. The summed E-state index contributed by atoms with van der Waals surface area (Å²) in [5.41, 5.74) is 5.91. The number of carbonyl (C=O) groups excluding carboxylic acids is 1. The highest BCUT2D eigenvalue weighted by molar-refractivity contribution is 6.30. The Kier molecular flexibility index (Phi) is 6.08. The second kappa shape index (κ2) is 8.78. The number of hydrogen-bond donors (Lipinski definition) is 2. The van der Waals surface area contributed by atoms with Gasteiger partial charge in [-0.2, -0.15) is 4.39 Å². The van der Waals surface area contributed by atoms with Crippen molar-refractivity contribution < 1.29 is 18.0 Å². The second-order valence-corrected chi connectivity index (χ2v) is 8.18. The number of nitrogens with zero attached hydrogens (tertiary/aromatic N) is 4. The number of amides is 1. The van der Waals surface area contributed by atoms with Crippen molar-refractivity contribution in [2.45, 2.75) is 37.5 Å². The van der Waals surface area contributed by atoms with E-state index in [1.807, 2.05) is 0 Å². The molecule has 0 spiro atoms. The molecule has 7 nitrogen and oxygen atoms in total. The Labute approximate surface area is 182 Å². The largest absolute Gasteiger partial charge is 0.381 e. The summed E-state index contributed by atoms with van der Waals surface area (Å²) in [7, 11) is 0. The molecule has 0 aliphatic carbocycles. The molecule has 166 valence electrons. The smallest absolute Gasteiger partial charge is 0.245 e. The number of nitrogens with one attached hydrogen (secondary N) is 1. The van der Waals surface area contributed by atoms with Gasteiger partial charge in [-0.3, -0.25) is 4.79 Å². The highest BCUT2D eigenvalue weighted by atomic mass is 35.5. The lowest BCUT2D eigenvalue weighted by atomic mass is 9.96. The number of anilines is 3. The second-order valence-electron chi connectivity index (χ2n) is 7.74. The minimum atomic E-state index is -1.26. The minimum absolute atomic E-state index is 0.00191. The first kappa shape index (κ1) is 21.5. The van der Waals surface area contributed by atoms with Gasteiger partial charge in [0.25, 0.3) is 0 Å². The number of nitrogen functional groups attached to an aromatic ring is 1. The van der Waals surface area contributed by atoms with Crippen LogP contribution in [0.15, 0.2) is 24.5 Å². The third-order valence-corrected chi connectivity index (χ3v) is 5.89. The van der Waals surface area contributed by atoms with E-state index in [9.17, 15) is 18.0 Å². The number of rotatable bonds is 4. The average Bonchev–Trinajstić information content (AvgIpc) is 2.72. The third-order valence-electron chi connectivity index (χ3n) is 5.67. The van der Waals surface area contributed by atoms with E-state index in [-0.39, 0.29) is 42.1 Å². The number of aromatic nitrogens is 2. The Morgan fingerprint density at radius 1 is 1.16 bits per heavy atom. The van der Waals surface area contributed by atoms with Crippen LogP contribution in [0.5, 0.6) is 0 Å². The number of carbonyl (C=O) groups is 1. The van der Waals surface area contributed by atoms with Gasteiger partial charge in [0.2, 0.25) is 11.7 Å². The molecule has 1 amide bonds. The lowest BCUT2D eigenvalue weighted by Gasteiger charge is -2.44. The quantitative estimate of drug-likeness (QED) is 0.738. The molecule has 4 rings (SSSR count). The molecular formula is C20H22ClF3N6O. The molecule has 3 heterocycles. The van der Waals surface area contributed by atoms with Crippen LogP contribution in [-0.2, 0) is 4.79 Å². The molecule has 1 aromatic heterocycles. The van der Waals surface area contributed by atoms with Gasteiger partial charge < -0.3 is 20.9 Å². The van der Waals surface area contributed by atoms with Gasteiger partial charge in [-0.1, -0.05) is 11.6 Å². The maximum Gasteiger partial charge on any atom is 0.245 e. The van der Waals surface area contributed by atoms with E-state index in [4.69, 9.17) is 17.3 Å². The molecule has 2 saturated heterocycles. The van der Waals surface area contributed by atoms with Crippen molar-refractivity contribution in [3.05, 3.63) is 41.2 Å². The summed E-state index contributed by atoms with van der Waals surface area (Å²) >= 11 is 5.89. The maximum absolute atomic E-state index is 14.9. The van der Waals surface area contributed by atoms with Crippen molar-refractivity contribution >= 4 is 34.8 Å². The highest BCUT2D eigenvalue weighted by Gasteiger charge is 2.41.